The zero-order valence-electron chi connectivity index (χ0n) is 5.22. The van der Waals surface area contributed by atoms with Gasteiger partial charge in [0.1, 0.15) is 0 Å². The lowest BCUT2D eigenvalue weighted by molar-refractivity contribution is 0.807. The molecule has 2 N–H and O–H groups in total. The van der Waals surface area contributed by atoms with Crippen LogP contribution in [0.5, 0.6) is 0 Å². The first kappa shape index (κ1) is 10.5. The van der Waals surface area contributed by atoms with E-state index in [1.165, 1.54) is 18.8 Å². The van der Waals surface area contributed by atoms with Gasteiger partial charge in [-0.2, -0.15) is 0 Å². The normalized spacial score (nSPS) is 6.12. The molecule has 8 heavy (non-hydrogen) atoms. The predicted octanol–water partition coefficient (Wildman–Crippen LogP) is 0.381. The second kappa shape index (κ2) is 16.0. The third kappa shape index (κ3) is 49.0. The Kier molecular flexibility index (Phi) is 21.0. The van der Waals surface area contributed by atoms with E-state index >= 15 is 0 Å². The Morgan fingerprint density at radius 2 is 2.12 bits per heavy atom. The summed E-state index contributed by atoms with van der Waals surface area (Å²) in [5.41, 5.74) is 5.14. The monoisotopic (exact) mass is 110 g/mol. The molecule has 0 aromatic carbocycles. The van der Waals surface area contributed by atoms with Crippen LogP contribution in [0.1, 0.15) is 19.8 Å². The highest BCUT2D eigenvalue weighted by atomic mass is 14.5. The van der Waals surface area contributed by atoms with Crippen LogP contribution in [0.3, 0.4) is 0 Å². The number of hydrogen-bond acceptors (Lipinski definition) is 2. The first-order chi connectivity index (χ1) is 3.83. The zero-order chi connectivity index (χ0) is 6.83. The average Bonchev–Trinajstić information content (AvgIpc) is 1.71. The minimum atomic E-state index is 0.844. The number of rotatable bonds is 2. The molecular formula is C5H11BN2. The second-order valence-electron chi connectivity index (χ2n) is 1.27. The average molecular weight is 110 g/mol. The smallest absolute Gasteiger partial charge is 0.229 e. The number of nitrogens with zero attached hydrogens (tertiary/aromatic N) is 1. The molecule has 0 aromatic heterocycles. The van der Waals surface area contributed by atoms with Crippen LogP contribution in [-0.2, 0) is 0 Å². The predicted molar refractivity (Wildman–Crippen MR) is 35.3 cm³/mol. The van der Waals surface area contributed by atoms with Gasteiger partial charge in [-0.1, -0.05) is 13.3 Å². The summed E-state index contributed by atoms with van der Waals surface area (Å²) in [4.78, 5) is 0. The van der Waals surface area contributed by atoms with Gasteiger partial charge in [0.05, 0.1) is 0 Å². The summed E-state index contributed by atoms with van der Waals surface area (Å²) in [5.74, 6) is 1.25. The minimum absolute atomic E-state index is 0.844. The largest absolute Gasteiger partial charge is 0.330 e. The molecular weight excluding hydrogens is 98.9 g/mol. The highest BCUT2D eigenvalue weighted by Crippen LogP contribution is 1.77. The van der Waals surface area contributed by atoms with E-state index in [0.29, 0.717) is 0 Å². The molecule has 0 aliphatic heterocycles. The van der Waals surface area contributed by atoms with Crippen LogP contribution in [0, 0.1) is 11.2 Å². The first-order valence-corrected chi connectivity index (χ1v) is 2.63. The van der Waals surface area contributed by atoms with E-state index in [0.717, 1.165) is 6.54 Å². The van der Waals surface area contributed by atoms with Gasteiger partial charge in [0.15, 0.2) is 0 Å². The molecule has 2 radical (unpaired) electrons. The fourth-order valence-electron chi connectivity index (χ4n) is 0.204. The van der Waals surface area contributed by atoms with Crippen LogP contribution in [-0.4, -0.2) is 14.4 Å². The maximum Gasteiger partial charge on any atom is 0.229 e. The lowest BCUT2D eigenvalue weighted by Gasteiger charge is -1.80. The van der Waals surface area contributed by atoms with Crippen molar-refractivity contribution in [3.63, 3.8) is 0 Å². The van der Waals surface area contributed by atoms with Crippen molar-refractivity contribution in [2.75, 3.05) is 6.54 Å². The Balaban J connectivity index is 0. The lowest BCUT2D eigenvalue weighted by atomic mass is 10.2. The SMILES string of the molecule is CCCCN.[B]C#N. The van der Waals surface area contributed by atoms with Crippen LogP contribution in [0.4, 0.5) is 0 Å². The highest BCUT2D eigenvalue weighted by molar-refractivity contribution is 6.20. The van der Waals surface area contributed by atoms with E-state index in [9.17, 15) is 0 Å². The van der Waals surface area contributed by atoms with Crippen LogP contribution >= 0.6 is 0 Å². The van der Waals surface area contributed by atoms with E-state index in [1.54, 1.807) is 0 Å². The van der Waals surface area contributed by atoms with Crippen molar-refractivity contribution in [2.45, 2.75) is 19.8 Å². The Morgan fingerprint density at radius 1 is 1.75 bits per heavy atom. The van der Waals surface area contributed by atoms with E-state index in [-0.39, 0.29) is 0 Å². The highest BCUT2D eigenvalue weighted by Gasteiger charge is 1.67. The molecule has 0 aromatic rings. The van der Waals surface area contributed by atoms with Crippen molar-refractivity contribution in [1.29, 1.82) is 5.26 Å². The van der Waals surface area contributed by atoms with Crippen LogP contribution in [0.15, 0.2) is 0 Å². The van der Waals surface area contributed by atoms with Gasteiger partial charge in [-0.15, -0.1) is 0 Å². The fourth-order valence-corrected chi connectivity index (χ4v) is 0.204. The van der Waals surface area contributed by atoms with Gasteiger partial charge in [0.25, 0.3) is 0 Å². The van der Waals surface area contributed by atoms with Crippen molar-refractivity contribution >= 4 is 7.85 Å². The van der Waals surface area contributed by atoms with E-state index in [4.69, 9.17) is 11.0 Å². The van der Waals surface area contributed by atoms with Crippen molar-refractivity contribution in [1.82, 2.24) is 0 Å². The number of hydrogen-bond donors (Lipinski definition) is 1. The molecule has 0 fully saturated rings. The van der Waals surface area contributed by atoms with Crippen molar-refractivity contribution in [2.24, 2.45) is 5.73 Å². The Labute approximate surface area is 52.1 Å². The Bertz CT molecular complexity index is 55.9. The van der Waals surface area contributed by atoms with Gasteiger partial charge in [0.2, 0.25) is 7.85 Å². The standard InChI is InChI=1S/C4H11N.CBN/c1-2-3-4-5;2-1-3/h2-5H2,1H3;. The molecule has 0 heterocycles. The zero-order valence-corrected chi connectivity index (χ0v) is 5.22. The van der Waals surface area contributed by atoms with Gasteiger partial charge >= 0.3 is 0 Å². The fraction of sp³-hybridized carbons (Fsp3) is 0.800. The molecule has 44 valence electrons. The summed E-state index contributed by atoms with van der Waals surface area (Å²) in [6.45, 7) is 2.98. The second-order valence-corrected chi connectivity index (χ2v) is 1.27. The van der Waals surface area contributed by atoms with Crippen LogP contribution < -0.4 is 5.73 Å². The maximum absolute atomic E-state index is 7.10. The van der Waals surface area contributed by atoms with Crippen LogP contribution in [0.2, 0.25) is 0 Å². The van der Waals surface area contributed by atoms with E-state index in [2.05, 4.69) is 14.8 Å². The molecule has 0 saturated carbocycles. The van der Waals surface area contributed by atoms with Gasteiger partial charge in [-0.25, -0.2) is 5.26 Å². The molecule has 0 amide bonds. The first-order valence-electron chi connectivity index (χ1n) is 2.63. The summed E-state index contributed by atoms with van der Waals surface area (Å²) >= 11 is 0. The number of nitriles is 1. The molecule has 0 saturated heterocycles. The molecule has 0 aliphatic rings. The number of unbranched alkanes of at least 4 members (excludes halogenated alkanes) is 1. The lowest BCUT2D eigenvalue weighted by Crippen LogP contribution is -1.95. The summed E-state index contributed by atoms with van der Waals surface area (Å²) in [6.07, 6.45) is 2.39. The molecule has 2 nitrogen and oxygen atoms in total. The van der Waals surface area contributed by atoms with E-state index < -0.39 is 0 Å². The Morgan fingerprint density at radius 3 is 2.12 bits per heavy atom. The summed E-state index contributed by atoms with van der Waals surface area (Å²) < 4.78 is 0. The molecule has 0 unspecified atom stereocenters. The van der Waals surface area contributed by atoms with Crippen LogP contribution in [0.25, 0.3) is 0 Å². The quantitative estimate of drug-likeness (QED) is 0.522. The van der Waals surface area contributed by atoms with Crippen molar-refractivity contribution < 1.29 is 0 Å². The minimum Gasteiger partial charge on any atom is -0.330 e. The summed E-state index contributed by atoms with van der Waals surface area (Å²) in [6, 6.07) is 0. The van der Waals surface area contributed by atoms with Crippen molar-refractivity contribution in [3.05, 3.63) is 0 Å². The summed E-state index contributed by atoms with van der Waals surface area (Å²) in [7, 11) is 4.15. The third-order valence-corrected chi connectivity index (χ3v) is 0.558. The number of nitrogens with two attached hydrogens (primary N) is 1. The topological polar surface area (TPSA) is 49.8 Å². The molecule has 0 spiro atoms. The molecule has 0 atom stereocenters. The molecule has 0 rings (SSSR count). The van der Waals surface area contributed by atoms with Crippen molar-refractivity contribution in [3.8, 4) is 5.97 Å². The van der Waals surface area contributed by atoms with Gasteiger partial charge in [-0.3, -0.25) is 0 Å². The molecule has 0 aliphatic carbocycles. The summed E-state index contributed by atoms with van der Waals surface area (Å²) in [5, 5.41) is 7.10. The van der Waals surface area contributed by atoms with Gasteiger partial charge < -0.3 is 5.73 Å². The Hall–Kier alpha value is -0.485. The molecule has 3 heteroatoms. The molecule has 0 bridgehead atoms. The maximum atomic E-state index is 7.10. The van der Waals surface area contributed by atoms with Gasteiger partial charge in [0, 0.05) is 0 Å². The third-order valence-electron chi connectivity index (χ3n) is 0.558. The van der Waals surface area contributed by atoms with Gasteiger partial charge in [-0.05, 0) is 18.9 Å². The van der Waals surface area contributed by atoms with E-state index in [1.807, 2.05) is 0 Å².